The number of rotatable bonds is 7. The van der Waals surface area contributed by atoms with Gasteiger partial charge in [-0.2, -0.15) is 0 Å². The van der Waals surface area contributed by atoms with E-state index in [9.17, 15) is 4.79 Å². The fourth-order valence-electron chi connectivity index (χ4n) is 2.29. The second-order valence-corrected chi connectivity index (χ2v) is 6.46. The van der Waals surface area contributed by atoms with Gasteiger partial charge in [0, 0.05) is 16.5 Å². The quantitative estimate of drug-likeness (QED) is 0.690. The van der Waals surface area contributed by atoms with Gasteiger partial charge in [-0.3, -0.25) is 4.79 Å². The second-order valence-electron chi connectivity index (χ2n) is 5.43. The fraction of sp³-hybridized carbons (Fsp3) is 0.150. The lowest BCUT2D eigenvalue weighted by atomic mass is 10.1. The van der Waals surface area contributed by atoms with Crippen LogP contribution < -0.4 is 14.8 Å². The van der Waals surface area contributed by atoms with Crippen molar-refractivity contribution in [3.05, 3.63) is 82.0 Å². The molecular formula is C20H19NO3S. The molecule has 0 spiro atoms. The molecule has 0 saturated carbocycles. The van der Waals surface area contributed by atoms with E-state index in [1.165, 1.54) is 0 Å². The summed E-state index contributed by atoms with van der Waals surface area (Å²) >= 11 is 1.63. The maximum atomic E-state index is 12.1. The summed E-state index contributed by atoms with van der Waals surface area (Å²) in [5, 5.41) is 4.92. The zero-order valence-electron chi connectivity index (χ0n) is 13.9. The molecule has 0 aliphatic carbocycles. The monoisotopic (exact) mass is 353 g/mol. The minimum absolute atomic E-state index is 0.0753. The maximum absolute atomic E-state index is 12.1. The third-order valence-electron chi connectivity index (χ3n) is 3.67. The molecule has 0 bridgehead atoms. The lowest BCUT2D eigenvalue weighted by molar-refractivity contribution is 0.0951. The highest BCUT2D eigenvalue weighted by atomic mass is 32.1. The Balaban J connectivity index is 1.53. The van der Waals surface area contributed by atoms with Crippen LogP contribution >= 0.6 is 11.3 Å². The molecule has 25 heavy (non-hydrogen) atoms. The van der Waals surface area contributed by atoms with E-state index in [1.807, 2.05) is 66.0 Å². The molecule has 0 fully saturated rings. The van der Waals surface area contributed by atoms with E-state index in [2.05, 4.69) is 5.32 Å². The Morgan fingerprint density at radius 3 is 2.56 bits per heavy atom. The Labute approximate surface area is 151 Å². The molecule has 0 radical (unpaired) electrons. The van der Waals surface area contributed by atoms with Crippen LogP contribution in [0.4, 0.5) is 0 Å². The normalized spacial score (nSPS) is 10.3. The highest BCUT2D eigenvalue weighted by molar-refractivity contribution is 7.09. The third kappa shape index (κ3) is 4.84. The van der Waals surface area contributed by atoms with Crippen molar-refractivity contribution in [2.75, 3.05) is 7.11 Å². The van der Waals surface area contributed by atoms with Gasteiger partial charge in [0.25, 0.3) is 5.91 Å². The number of methoxy groups -OCH3 is 1. The van der Waals surface area contributed by atoms with Gasteiger partial charge >= 0.3 is 0 Å². The van der Waals surface area contributed by atoms with Crippen LogP contribution in [0.3, 0.4) is 0 Å². The van der Waals surface area contributed by atoms with E-state index in [1.54, 1.807) is 18.4 Å². The van der Waals surface area contributed by atoms with Gasteiger partial charge in [0.1, 0.15) is 18.1 Å². The molecule has 0 aliphatic heterocycles. The van der Waals surface area contributed by atoms with Gasteiger partial charge < -0.3 is 14.8 Å². The summed E-state index contributed by atoms with van der Waals surface area (Å²) in [6, 6.07) is 18.9. The molecule has 0 unspecified atom stereocenters. The maximum Gasteiger partial charge on any atom is 0.251 e. The number of benzene rings is 2. The van der Waals surface area contributed by atoms with Crippen molar-refractivity contribution in [2.45, 2.75) is 13.2 Å². The minimum Gasteiger partial charge on any atom is -0.497 e. The Kier molecular flexibility index (Phi) is 5.69. The molecule has 1 aromatic heterocycles. The number of nitrogens with one attached hydrogen (secondary N) is 1. The van der Waals surface area contributed by atoms with Gasteiger partial charge in [-0.05, 0) is 41.3 Å². The Hall–Kier alpha value is -2.79. The number of hydrogen-bond donors (Lipinski definition) is 1. The minimum atomic E-state index is -0.0753. The van der Waals surface area contributed by atoms with Gasteiger partial charge in [-0.1, -0.05) is 24.3 Å². The number of ether oxygens (including phenoxy) is 2. The molecular weight excluding hydrogens is 334 g/mol. The molecule has 5 heteroatoms. The summed E-state index contributed by atoms with van der Waals surface area (Å²) in [6.07, 6.45) is 0. The molecule has 3 rings (SSSR count). The third-order valence-corrected chi connectivity index (χ3v) is 4.54. The van der Waals surface area contributed by atoms with Crippen LogP contribution in [0.25, 0.3) is 0 Å². The second kappa shape index (κ2) is 8.35. The molecule has 1 N–H and O–H groups in total. The molecule has 0 aliphatic rings. The molecule has 128 valence electrons. The highest BCUT2D eigenvalue weighted by Crippen LogP contribution is 2.20. The first-order chi connectivity index (χ1) is 12.2. The summed E-state index contributed by atoms with van der Waals surface area (Å²) in [5.41, 5.74) is 1.64. The van der Waals surface area contributed by atoms with Crippen LogP contribution in [0.2, 0.25) is 0 Å². The average Bonchev–Trinajstić information content (AvgIpc) is 3.18. The van der Waals surface area contributed by atoms with E-state index in [0.29, 0.717) is 18.7 Å². The van der Waals surface area contributed by atoms with Crippen LogP contribution in [0.5, 0.6) is 11.5 Å². The summed E-state index contributed by atoms with van der Waals surface area (Å²) in [5.74, 6) is 1.43. The number of amides is 1. The van der Waals surface area contributed by atoms with E-state index in [0.717, 1.165) is 21.9 Å². The van der Waals surface area contributed by atoms with Crippen LogP contribution in [0.15, 0.2) is 66.0 Å². The van der Waals surface area contributed by atoms with Crippen molar-refractivity contribution in [2.24, 2.45) is 0 Å². The van der Waals surface area contributed by atoms with Crippen molar-refractivity contribution in [3.8, 4) is 11.5 Å². The fourth-order valence-corrected chi connectivity index (χ4v) is 2.94. The zero-order chi connectivity index (χ0) is 17.5. The van der Waals surface area contributed by atoms with Crippen molar-refractivity contribution in [1.29, 1.82) is 0 Å². The first-order valence-electron chi connectivity index (χ1n) is 7.91. The molecule has 0 saturated heterocycles. The number of thiophene rings is 1. The molecule has 2 aromatic carbocycles. The van der Waals surface area contributed by atoms with Gasteiger partial charge in [-0.25, -0.2) is 0 Å². The lowest BCUT2D eigenvalue weighted by Gasteiger charge is -2.09. The predicted molar refractivity (Wildman–Crippen MR) is 99.3 cm³/mol. The smallest absolute Gasteiger partial charge is 0.251 e. The number of carbonyl (C=O) groups is 1. The highest BCUT2D eigenvalue weighted by Gasteiger charge is 2.06. The summed E-state index contributed by atoms with van der Waals surface area (Å²) in [6.45, 7) is 0.988. The van der Waals surface area contributed by atoms with Crippen molar-refractivity contribution < 1.29 is 14.3 Å². The Morgan fingerprint density at radius 2 is 1.84 bits per heavy atom. The van der Waals surface area contributed by atoms with Crippen LogP contribution in [-0.4, -0.2) is 13.0 Å². The Bertz CT molecular complexity index is 813. The Morgan fingerprint density at radius 1 is 1.04 bits per heavy atom. The summed E-state index contributed by atoms with van der Waals surface area (Å²) in [4.78, 5) is 13.3. The van der Waals surface area contributed by atoms with Crippen molar-refractivity contribution in [3.63, 3.8) is 0 Å². The zero-order valence-corrected chi connectivity index (χ0v) is 14.7. The summed E-state index contributed by atoms with van der Waals surface area (Å²) in [7, 11) is 1.63. The van der Waals surface area contributed by atoms with Crippen molar-refractivity contribution in [1.82, 2.24) is 5.32 Å². The van der Waals surface area contributed by atoms with Gasteiger partial charge in [0.2, 0.25) is 0 Å². The first-order valence-corrected chi connectivity index (χ1v) is 8.79. The number of hydrogen-bond acceptors (Lipinski definition) is 4. The van der Waals surface area contributed by atoms with Crippen molar-refractivity contribution >= 4 is 17.2 Å². The molecule has 0 atom stereocenters. The van der Waals surface area contributed by atoms with Gasteiger partial charge in [-0.15, -0.1) is 11.3 Å². The first kappa shape index (κ1) is 17.0. The van der Waals surface area contributed by atoms with E-state index >= 15 is 0 Å². The van der Waals surface area contributed by atoms with E-state index in [4.69, 9.17) is 9.47 Å². The van der Waals surface area contributed by atoms with Crippen LogP contribution in [0.1, 0.15) is 20.8 Å². The predicted octanol–water partition coefficient (Wildman–Crippen LogP) is 4.27. The molecule has 4 nitrogen and oxygen atoms in total. The lowest BCUT2D eigenvalue weighted by Crippen LogP contribution is -2.22. The topological polar surface area (TPSA) is 47.6 Å². The largest absolute Gasteiger partial charge is 0.497 e. The SMILES string of the molecule is COc1cccc(OCc2ccc(C(=O)NCc3cccs3)cc2)c1. The summed E-state index contributed by atoms with van der Waals surface area (Å²) < 4.78 is 10.9. The van der Waals surface area contributed by atoms with E-state index < -0.39 is 0 Å². The van der Waals surface area contributed by atoms with Crippen LogP contribution in [-0.2, 0) is 13.2 Å². The van der Waals surface area contributed by atoms with Crippen LogP contribution in [0, 0.1) is 0 Å². The van der Waals surface area contributed by atoms with Gasteiger partial charge in [0.15, 0.2) is 0 Å². The van der Waals surface area contributed by atoms with Gasteiger partial charge in [0.05, 0.1) is 13.7 Å². The average molecular weight is 353 g/mol. The molecule has 1 heterocycles. The molecule has 1 amide bonds. The molecule has 3 aromatic rings. The standard InChI is InChI=1S/C20H19NO3S/c1-23-17-4-2-5-18(12-17)24-14-15-7-9-16(10-8-15)20(22)21-13-19-6-3-11-25-19/h2-12H,13-14H2,1H3,(H,21,22). The van der Waals surface area contributed by atoms with E-state index in [-0.39, 0.29) is 5.91 Å². The number of carbonyl (C=O) groups excluding carboxylic acids is 1.